The first-order chi connectivity index (χ1) is 6.77. The van der Waals surface area contributed by atoms with Crippen molar-refractivity contribution in [2.75, 3.05) is 5.75 Å². The molecule has 0 bridgehead atoms. The molecule has 1 aliphatic rings. The van der Waals surface area contributed by atoms with Gasteiger partial charge in [-0.2, -0.15) is 0 Å². The third kappa shape index (κ3) is 1.77. The zero-order valence-electron chi connectivity index (χ0n) is 7.25. The molecule has 1 aliphatic heterocycles. The molecule has 4 nitrogen and oxygen atoms in total. The lowest BCUT2D eigenvalue weighted by Crippen LogP contribution is -2.17. The van der Waals surface area contributed by atoms with Crippen molar-refractivity contribution in [2.24, 2.45) is 4.99 Å². The molecule has 5 heteroatoms. The summed E-state index contributed by atoms with van der Waals surface area (Å²) in [5.41, 5.74) is 0.751. The van der Waals surface area contributed by atoms with Gasteiger partial charge >= 0.3 is 5.97 Å². The molecule has 1 N–H and O–H groups in total. The molecule has 0 radical (unpaired) electrons. The second-order valence-corrected chi connectivity index (χ2v) is 3.82. The van der Waals surface area contributed by atoms with E-state index in [-0.39, 0.29) is 0 Å². The number of hydrogen-bond donors (Lipinski definition) is 1. The Labute approximate surface area is 85.1 Å². The Morgan fingerprint density at radius 3 is 3.00 bits per heavy atom. The average Bonchev–Trinajstić information content (AvgIpc) is 2.68. The first kappa shape index (κ1) is 9.21. The SMILES string of the molecule is O=C(O)[C@@H]1CSC(c2ccccn2)=N1. The average molecular weight is 208 g/mol. The van der Waals surface area contributed by atoms with E-state index in [0.29, 0.717) is 5.75 Å². The number of thioether (sulfide) groups is 1. The number of rotatable bonds is 2. The lowest BCUT2D eigenvalue weighted by Gasteiger charge is -1.95. The molecular weight excluding hydrogens is 200 g/mol. The van der Waals surface area contributed by atoms with Gasteiger partial charge in [0.25, 0.3) is 0 Å². The van der Waals surface area contributed by atoms with Crippen LogP contribution in [0.15, 0.2) is 29.4 Å². The number of aliphatic imine (C=N–C) groups is 1. The predicted molar refractivity (Wildman–Crippen MR) is 54.7 cm³/mol. The molecule has 0 saturated carbocycles. The van der Waals surface area contributed by atoms with Crippen molar-refractivity contribution in [1.29, 1.82) is 0 Å². The Balaban J connectivity index is 2.22. The van der Waals surface area contributed by atoms with Crippen molar-refractivity contribution in [3.05, 3.63) is 30.1 Å². The number of nitrogens with zero attached hydrogens (tertiary/aromatic N) is 2. The van der Waals surface area contributed by atoms with Gasteiger partial charge in [-0.1, -0.05) is 6.07 Å². The van der Waals surface area contributed by atoms with E-state index in [1.54, 1.807) is 6.20 Å². The van der Waals surface area contributed by atoms with Crippen molar-refractivity contribution < 1.29 is 9.90 Å². The van der Waals surface area contributed by atoms with E-state index in [9.17, 15) is 4.79 Å². The molecule has 1 aromatic rings. The predicted octanol–water partition coefficient (Wildman–Crippen LogP) is 1.03. The van der Waals surface area contributed by atoms with E-state index >= 15 is 0 Å². The Morgan fingerprint density at radius 2 is 2.43 bits per heavy atom. The van der Waals surface area contributed by atoms with Crippen LogP contribution in [0.5, 0.6) is 0 Å². The third-order valence-corrected chi connectivity index (χ3v) is 2.89. The summed E-state index contributed by atoms with van der Waals surface area (Å²) in [6.45, 7) is 0. The highest BCUT2D eigenvalue weighted by atomic mass is 32.2. The van der Waals surface area contributed by atoms with E-state index in [2.05, 4.69) is 9.98 Å². The summed E-state index contributed by atoms with van der Waals surface area (Å²) in [6.07, 6.45) is 1.67. The second-order valence-electron chi connectivity index (χ2n) is 2.81. The number of carbonyl (C=O) groups is 1. The first-order valence-electron chi connectivity index (χ1n) is 4.12. The van der Waals surface area contributed by atoms with E-state index in [1.165, 1.54) is 11.8 Å². The topological polar surface area (TPSA) is 62.5 Å². The normalized spacial score (nSPS) is 20.6. The zero-order chi connectivity index (χ0) is 9.97. The molecule has 1 atom stereocenters. The Kier molecular flexibility index (Phi) is 2.49. The van der Waals surface area contributed by atoms with Gasteiger partial charge in [0.05, 0.1) is 5.69 Å². The standard InChI is InChI=1S/C9H8N2O2S/c12-9(13)7-5-14-8(11-7)6-3-1-2-4-10-6/h1-4,7H,5H2,(H,12,13)/t7-/m0/s1. The van der Waals surface area contributed by atoms with E-state index in [0.717, 1.165) is 10.7 Å². The van der Waals surface area contributed by atoms with E-state index in [4.69, 9.17) is 5.11 Å². The van der Waals surface area contributed by atoms with Gasteiger partial charge in [0.15, 0.2) is 6.04 Å². The Morgan fingerprint density at radius 1 is 1.57 bits per heavy atom. The van der Waals surface area contributed by atoms with Gasteiger partial charge < -0.3 is 5.11 Å². The largest absolute Gasteiger partial charge is 0.480 e. The van der Waals surface area contributed by atoms with Crippen LogP contribution in [0.25, 0.3) is 0 Å². The van der Waals surface area contributed by atoms with Crippen molar-refractivity contribution in [2.45, 2.75) is 6.04 Å². The Bertz CT molecular complexity index is 378. The summed E-state index contributed by atoms with van der Waals surface area (Å²) < 4.78 is 0. The highest BCUT2D eigenvalue weighted by molar-refractivity contribution is 8.14. The summed E-state index contributed by atoms with van der Waals surface area (Å²) >= 11 is 1.44. The van der Waals surface area contributed by atoms with Crippen LogP contribution in [-0.2, 0) is 4.79 Å². The molecule has 0 aromatic carbocycles. The monoisotopic (exact) mass is 208 g/mol. The van der Waals surface area contributed by atoms with Crippen LogP contribution in [0.4, 0.5) is 0 Å². The van der Waals surface area contributed by atoms with Gasteiger partial charge in [-0.05, 0) is 12.1 Å². The van der Waals surface area contributed by atoms with Crippen LogP contribution in [-0.4, -0.2) is 32.9 Å². The fraction of sp³-hybridized carbons (Fsp3) is 0.222. The number of hydrogen-bond acceptors (Lipinski definition) is 4. The first-order valence-corrected chi connectivity index (χ1v) is 5.11. The number of aromatic nitrogens is 1. The van der Waals surface area contributed by atoms with Crippen molar-refractivity contribution in [3.8, 4) is 0 Å². The number of carboxylic acids is 1. The van der Waals surface area contributed by atoms with Gasteiger partial charge in [0.1, 0.15) is 5.04 Å². The van der Waals surface area contributed by atoms with Gasteiger partial charge in [-0.3, -0.25) is 9.98 Å². The summed E-state index contributed by atoms with van der Waals surface area (Å²) in [7, 11) is 0. The zero-order valence-corrected chi connectivity index (χ0v) is 8.07. The third-order valence-electron chi connectivity index (χ3n) is 1.82. The van der Waals surface area contributed by atoms with Gasteiger partial charge in [0, 0.05) is 11.9 Å². The molecule has 2 heterocycles. The van der Waals surface area contributed by atoms with Crippen LogP contribution in [0.1, 0.15) is 5.69 Å². The lowest BCUT2D eigenvalue weighted by atomic mass is 10.3. The number of pyridine rings is 1. The molecule has 0 aliphatic carbocycles. The molecule has 0 amide bonds. The molecular formula is C9H8N2O2S. The van der Waals surface area contributed by atoms with Crippen molar-refractivity contribution >= 4 is 22.8 Å². The maximum Gasteiger partial charge on any atom is 0.329 e. The summed E-state index contributed by atoms with van der Waals surface area (Å²) in [4.78, 5) is 18.8. The quantitative estimate of drug-likeness (QED) is 0.788. The molecule has 2 rings (SSSR count). The van der Waals surface area contributed by atoms with Crippen LogP contribution >= 0.6 is 11.8 Å². The molecule has 0 saturated heterocycles. The molecule has 0 unspecified atom stereocenters. The van der Waals surface area contributed by atoms with E-state index < -0.39 is 12.0 Å². The van der Waals surface area contributed by atoms with Crippen LogP contribution in [0.3, 0.4) is 0 Å². The molecule has 1 aromatic heterocycles. The van der Waals surface area contributed by atoms with Crippen LogP contribution in [0, 0.1) is 0 Å². The van der Waals surface area contributed by atoms with Crippen molar-refractivity contribution in [3.63, 3.8) is 0 Å². The number of carboxylic acid groups (broad SMARTS) is 1. The molecule has 72 valence electrons. The second kappa shape index (κ2) is 3.79. The highest BCUT2D eigenvalue weighted by Gasteiger charge is 2.25. The van der Waals surface area contributed by atoms with Crippen LogP contribution in [0.2, 0.25) is 0 Å². The molecule has 14 heavy (non-hydrogen) atoms. The van der Waals surface area contributed by atoms with E-state index in [1.807, 2.05) is 18.2 Å². The smallest absolute Gasteiger partial charge is 0.329 e. The molecule has 0 spiro atoms. The fourth-order valence-corrected chi connectivity index (χ4v) is 2.13. The number of aliphatic carboxylic acids is 1. The summed E-state index contributed by atoms with van der Waals surface area (Å²) in [5.74, 6) is -0.371. The van der Waals surface area contributed by atoms with Crippen LogP contribution < -0.4 is 0 Å². The van der Waals surface area contributed by atoms with Gasteiger partial charge in [-0.15, -0.1) is 11.8 Å². The maximum atomic E-state index is 10.6. The highest BCUT2D eigenvalue weighted by Crippen LogP contribution is 2.22. The maximum absolute atomic E-state index is 10.6. The fourth-order valence-electron chi connectivity index (χ4n) is 1.13. The minimum absolute atomic E-state index is 0.501. The summed E-state index contributed by atoms with van der Waals surface area (Å²) in [5, 5.41) is 9.46. The summed E-state index contributed by atoms with van der Waals surface area (Å²) in [6, 6.07) is 4.89. The van der Waals surface area contributed by atoms with Gasteiger partial charge in [0.2, 0.25) is 0 Å². The van der Waals surface area contributed by atoms with Gasteiger partial charge in [-0.25, -0.2) is 4.79 Å². The minimum atomic E-state index is -0.872. The lowest BCUT2D eigenvalue weighted by molar-refractivity contribution is -0.137. The Hall–Kier alpha value is -1.36. The van der Waals surface area contributed by atoms with Crippen molar-refractivity contribution in [1.82, 2.24) is 4.98 Å². The minimum Gasteiger partial charge on any atom is -0.480 e. The molecule has 0 fully saturated rings.